The molecule has 0 saturated heterocycles. The first-order chi connectivity index (χ1) is 14.9. The molecular weight excluding hydrogens is 394 g/mol. The number of rotatable bonds is 12. The van der Waals surface area contributed by atoms with Gasteiger partial charge in [-0.05, 0) is 37.6 Å². The van der Waals surface area contributed by atoms with Gasteiger partial charge in [-0.15, -0.1) is 0 Å². The van der Waals surface area contributed by atoms with E-state index in [4.69, 9.17) is 9.47 Å². The lowest BCUT2D eigenvalue weighted by Gasteiger charge is -2.20. The highest BCUT2D eigenvalue weighted by molar-refractivity contribution is 6.07. The van der Waals surface area contributed by atoms with Gasteiger partial charge in [0.05, 0.1) is 25.2 Å². The lowest BCUT2D eigenvalue weighted by molar-refractivity contribution is 0.0949. The summed E-state index contributed by atoms with van der Waals surface area (Å²) in [7, 11) is 3.07. The first kappa shape index (κ1) is 24.7. The minimum atomic E-state index is -0.193. The number of carbonyl (C=O) groups excluding carboxylic acids is 1. The van der Waals surface area contributed by atoms with Crippen molar-refractivity contribution < 1.29 is 14.3 Å². The van der Waals surface area contributed by atoms with Crippen LogP contribution in [0.1, 0.15) is 50.9 Å². The van der Waals surface area contributed by atoms with E-state index >= 15 is 0 Å². The molecule has 0 unspecified atom stereocenters. The number of hydrogen-bond acceptors (Lipinski definition) is 5. The highest BCUT2D eigenvalue weighted by atomic mass is 16.5. The summed E-state index contributed by atoms with van der Waals surface area (Å²) in [6.07, 6.45) is 3.96. The van der Waals surface area contributed by atoms with Gasteiger partial charge in [-0.2, -0.15) is 0 Å². The highest BCUT2D eigenvalue weighted by Gasteiger charge is 2.18. The summed E-state index contributed by atoms with van der Waals surface area (Å²) in [6.45, 7) is 12.3. The van der Waals surface area contributed by atoms with Gasteiger partial charge in [-0.3, -0.25) is 9.59 Å². The monoisotopic (exact) mass is 431 g/mol. The van der Waals surface area contributed by atoms with Crippen molar-refractivity contribution in [3.63, 3.8) is 0 Å². The summed E-state index contributed by atoms with van der Waals surface area (Å²) in [4.78, 5) is 28.5. The Balaban J connectivity index is 2.40. The maximum atomic E-state index is 13.1. The summed E-state index contributed by atoms with van der Waals surface area (Å²) >= 11 is 0. The van der Waals surface area contributed by atoms with Crippen molar-refractivity contribution in [2.45, 2.75) is 47.1 Å². The predicted octanol–water partition coefficient (Wildman–Crippen LogP) is 3.53. The quantitative estimate of drug-likeness (QED) is 0.557. The molecule has 0 spiro atoms. The van der Waals surface area contributed by atoms with Gasteiger partial charge >= 0.3 is 0 Å². The van der Waals surface area contributed by atoms with E-state index in [0.29, 0.717) is 40.9 Å². The second kappa shape index (κ2) is 11.7. The molecule has 0 aliphatic rings. The Hall–Kier alpha value is -2.54. The number of nitrogens with one attached hydrogen (secondary N) is 1. The van der Waals surface area contributed by atoms with E-state index in [9.17, 15) is 9.59 Å². The fourth-order valence-electron chi connectivity index (χ4n) is 3.66. The third-order valence-electron chi connectivity index (χ3n) is 5.39. The van der Waals surface area contributed by atoms with E-state index in [1.165, 1.54) is 7.11 Å². The number of carbonyl (C=O) groups is 1. The Morgan fingerprint density at radius 2 is 1.74 bits per heavy atom. The van der Waals surface area contributed by atoms with Gasteiger partial charge < -0.3 is 24.3 Å². The molecule has 1 amide bonds. The van der Waals surface area contributed by atoms with E-state index in [-0.39, 0.29) is 17.4 Å². The van der Waals surface area contributed by atoms with Crippen molar-refractivity contribution in [2.24, 2.45) is 5.92 Å². The second-order valence-corrected chi connectivity index (χ2v) is 8.19. The van der Waals surface area contributed by atoms with E-state index < -0.39 is 0 Å². The summed E-state index contributed by atoms with van der Waals surface area (Å²) < 4.78 is 12.4. The van der Waals surface area contributed by atoms with E-state index in [2.05, 4.69) is 24.1 Å². The largest absolute Gasteiger partial charge is 0.493 e. The zero-order valence-electron chi connectivity index (χ0n) is 19.8. The van der Waals surface area contributed by atoms with Crippen molar-refractivity contribution in [3.8, 4) is 11.5 Å². The predicted molar refractivity (Wildman–Crippen MR) is 126 cm³/mol. The van der Waals surface area contributed by atoms with E-state index in [1.54, 1.807) is 30.0 Å². The standard InChI is InChI=1S/C24H37N3O4/c1-7-9-11-26(8-2)12-10-25-23(28)20-16-27(15-17(3)4)24(29)19-14-22(31-6)21(30-5)13-18(19)20/h13-14,16-17H,7-12,15H2,1-6H3,(H,25,28). The van der Waals surface area contributed by atoms with Crippen LogP contribution in [0.15, 0.2) is 23.1 Å². The Labute approximate surface area is 185 Å². The number of hydrogen-bond donors (Lipinski definition) is 1. The molecule has 1 aromatic heterocycles. The van der Waals surface area contributed by atoms with Crippen LogP contribution >= 0.6 is 0 Å². The molecular formula is C24H37N3O4. The molecule has 2 rings (SSSR count). The number of methoxy groups -OCH3 is 2. The van der Waals surface area contributed by atoms with Crippen LogP contribution in [0.3, 0.4) is 0 Å². The molecule has 0 atom stereocenters. The molecule has 1 N–H and O–H groups in total. The van der Waals surface area contributed by atoms with Crippen LogP contribution in [0.2, 0.25) is 0 Å². The number of likely N-dealkylation sites (N-methyl/N-ethyl adjacent to an activating group) is 1. The molecule has 0 bridgehead atoms. The van der Waals surface area contributed by atoms with Crippen LogP contribution in [0, 0.1) is 5.92 Å². The van der Waals surface area contributed by atoms with Crippen molar-refractivity contribution in [3.05, 3.63) is 34.2 Å². The molecule has 2 aromatic rings. The molecule has 1 heterocycles. The molecule has 0 fully saturated rings. The van der Waals surface area contributed by atoms with Crippen LogP contribution in [-0.2, 0) is 6.54 Å². The molecule has 7 heteroatoms. The molecule has 0 aliphatic carbocycles. The minimum Gasteiger partial charge on any atom is -0.493 e. The molecule has 172 valence electrons. The average molecular weight is 432 g/mol. The third kappa shape index (κ3) is 6.23. The summed E-state index contributed by atoms with van der Waals surface area (Å²) in [5, 5.41) is 4.05. The first-order valence-corrected chi connectivity index (χ1v) is 11.2. The number of unbranched alkanes of at least 4 members (excludes halogenated alkanes) is 1. The third-order valence-corrected chi connectivity index (χ3v) is 5.39. The Morgan fingerprint density at radius 1 is 1.10 bits per heavy atom. The van der Waals surface area contributed by atoms with Gasteiger partial charge in [0.1, 0.15) is 0 Å². The molecule has 1 aromatic carbocycles. The molecule has 31 heavy (non-hydrogen) atoms. The lowest BCUT2D eigenvalue weighted by Crippen LogP contribution is -2.36. The van der Waals surface area contributed by atoms with E-state index in [1.807, 2.05) is 13.8 Å². The van der Waals surface area contributed by atoms with Crippen LogP contribution in [0.4, 0.5) is 0 Å². The summed E-state index contributed by atoms with van der Waals surface area (Å²) in [5.74, 6) is 1.03. The topological polar surface area (TPSA) is 72.8 Å². The van der Waals surface area contributed by atoms with Crippen molar-refractivity contribution in [1.29, 1.82) is 0 Å². The number of fused-ring (bicyclic) bond motifs is 1. The van der Waals surface area contributed by atoms with Crippen LogP contribution in [-0.4, -0.2) is 55.8 Å². The average Bonchev–Trinajstić information content (AvgIpc) is 2.76. The number of pyridine rings is 1. The van der Waals surface area contributed by atoms with Gasteiger partial charge in [-0.1, -0.05) is 34.1 Å². The molecule has 0 saturated carbocycles. The van der Waals surface area contributed by atoms with Gasteiger partial charge in [0.15, 0.2) is 11.5 Å². The van der Waals surface area contributed by atoms with Crippen molar-refractivity contribution in [1.82, 2.24) is 14.8 Å². The van der Waals surface area contributed by atoms with Crippen molar-refractivity contribution in [2.75, 3.05) is 40.4 Å². The normalized spacial score (nSPS) is 11.4. The zero-order chi connectivity index (χ0) is 23.0. The number of ether oxygens (including phenoxy) is 2. The number of nitrogens with zero attached hydrogens (tertiary/aromatic N) is 2. The maximum absolute atomic E-state index is 13.1. The first-order valence-electron chi connectivity index (χ1n) is 11.2. The summed E-state index contributed by atoms with van der Waals surface area (Å²) in [6, 6.07) is 3.37. The number of benzene rings is 1. The van der Waals surface area contributed by atoms with E-state index in [0.717, 1.165) is 32.5 Å². The molecule has 7 nitrogen and oxygen atoms in total. The van der Waals surface area contributed by atoms with Crippen molar-refractivity contribution >= 4 is 16.7 Å². The lowest BCUT2D eigenvalue weighted by atomic mass is 10.0. The Kier molecular flexibility index (Phi) is 9.37. The number of amides is 1. The van der Waals surface area contributed by atoms with Gasteiger partial charge in [-0.25, -0.2) is 0 Å². The Morgan fingerprint density at radius 3 is 2.29 bits per heavy atom. The van der Waals surface area contributed by atoms with Gasteiger partial charge in [0.25, 0.3) is 11.5 Å². The fourth-order valence-corrected chi connectivity index (χ4v) is 3.66. The maximum Gasteiger partial charge on any atom is 0.258 e. The van der Waals surface area contributed by atoms with Gasteiger partial charge in [0, 0.05) is 31.2 Å². The highest BCUT2D eigenvalue weighted by Crippen LogP contribution is 2.32. The van der Waals surface area contributed by atoms with Gasteiger partial charge in [0.2, 0.25) is 0 Å². The van der Waals surface area contributed by atoms with Crippen LogP contribution in [0.5, 0.6) is 11.5 Å². The van der Waals surface area contributed by atoms with Crippen LogP contribution < -0.4 is 20.3 Å². The smallest absolute Gasteiger partial charge is 0.258 e. The van der Waals surface area contributed by atoms with Crippen LogP contribution in [0.25, 0.3) is 10.8 Å². The fraction of sp³-hybridized carbons (Fsp3) is 0.583. The molecule has 0 radical (unpaired) electrons. The second-order valence-electron chi connectivity index (χ2n) is 8.19. The minimum absolute atomic E-state index is 0.141. The number of aromatic nitrogens is 1. The summed E-state index contributed by atoms with van der Waals surface area (Å²) in [5.41, 5.74) is 0.325. The Bertz CT molecular complexity index is 937. The molecule has 0 aliphatic heterocycles. The SMILES string of the molecule is CCCCN(CC)CCNC(=O)c1cn(CC(C)C)c(=O)c2cc(OC)c(OC)cc12. The zero-order valence-corrected chi connectivity index (χ0v) is 19.8.